The molecule has 2 aromatic heterocycles. The van der Waals surface area contributed by atoms with Crippen LogP contribution in [0.4, 0.5) is 0 Å². The van der Waals surface area contributed by atoms with Crippen LogP contribution in [0, 0.1) is 6.92 Å². The zero-order valence-corrected chi connectivity index (χ0v) is 12.9. The van der Waals surface area contributed by atoms with Crippen LogP contribution in [0.5, 0.6) is 5.75 Å². The second-order valence-electron chi connectivity index (χ2n) is 4.96. The third-order valence-electron chi connectivity index (χ3n) is 3.33. The van der Waals surface area contributed by atoms with Gasteiger partial charge in [0.2, 0.25) is 0 Å². The maximum atomic E-state index is 6.26. The van der Waals surface area contributed by atoms with Gasteiger partial charge in [-0.2, -0.15) is 0 Å². The number of aryl methyl sites for hydroxylation is 1. The highest BCUT2D eigenvalue weighted by molar-refractivity contribution is 6.20. The minimum Gasteiger partial charge on any atom is -0.497 e. The van der Waals surface area contributed by atoms with E-state index in [4.69, 9.17) is 20.9 Å². The quantitative estimate of drug-likeness (QED) is 0.690. The number of benzene rings is 1. The molecule has 5 nitrogen and oxygen atoms in total. The number of hydrogen-bond donors (Lipinski definition) is 0. The smallest absolute Gasteiger partial charge is 0.156 e. The molecule has 1 atom stereocenters. The van der Waals surface area contributed by atoms with Gasteiger partial charge in [-0.3, -0.25) is 0 Å². The zero-order chi connectivity index (χ0) is 15.0. The first-order valence-corrected chi connectivity index (χ1v) is 7.12. The summed E-state index contributed by atoms with van der Waals surface area (Å²) < 4.78 is 12.6. The predicted molar refractivity (Wildman–Crippen MR) is 80.9 cm³/mol. The summed E-state index contributed by atoms with van der Waals surface area (Å²) >= 11 is 6.26. The third kappa shape index (κ3) is 2.61. The molecule has 0 saturated heterocycles. The highest BCUT2D eigenvalue weighted by Crippen LogP contribution is 2.28. The van der Waals surface area contributed by atoms with Crippen molar-refractivity contribution in [2.45, 2.75) is 25.8 Å². The Morgan fingerprint density at radius 1 is 1.38 bits per heavy atom. The molecule has 0 spiro atoms. The Kier molecular flexibility index (Phi) is 3.59. The fourth-order valence-electron chi connectivity index (χ4n) is 2.36. The van der Waals surface area contributed by atoms with E-state index in [1.165, 1.54) is 0 Å². The lowest BCUT2D eigenvalue weighted by Gasteiger charge is -2.08. The molecule has 2 heterocycles. The molecule has 1 aromatic carbocycles. The number of rotatable bonds is 4. The molecular weight excluding hydrogens is 290 g/mol. The average Bonchev–Trinajstić information content (AvgIpc) is 3.03. The van der Waals surface area contributed by atoms with Crippen LogP contribution in [-0.2, 0) is 6.54 Å². The molecule has 0 radical (unpaired) electrons. The van der Waals surface area contributed by atoms with Crippen LogP contribution in [-0.4, -0.2) is 21.8 Å². The normalized spacial score (nSPS) is 12.8. The van der Waals surface area contributed by atoms with Crippen LogP contribution in [0.3, 0.4) is 0 Å². The largest absolute Gasteiger partial charge is 0.497 e. The number of nitrogens with zero attached hydrogens (tertiary/aromatic N) is 3. The number of ether oxygens (including phenoxy) is 1. The van der Waals surface area contributed by atoms with Gasteiger partial charge in [0.1, 0.15) is 11.6 Å². The van der Waals surface area contributed by atoms with Gasteiger partial charge >= 0.3 is 0 Å². The summed E-state index contributed by atoms with van der Waals surface area (Å²) in [5.41, 5.74) is 2.70. The molecule has 3 aromatic rings. The van der Waals surface area contributed by atoms with Gasteiger partial charge < -0.3 is 13.8 Å². The fourth-order valence-corrected chi connectivity index (χ4v) is 2.53. The summed E-state index contributed by atoms with van der Waals surface area (Å²) in [4.78, 5) is 4.60. The standard InChI is InChI=1S/C15H16ClN3O2/c1-9-6-12(21-18-9)8-19-14-7-11(20-3)4-5-13(14)17-15(19)10(2)16/h4-7,10H,8H2,1-3H3. The molecule has 0 N–H and O–H groups in total. The number of aromatic nitrogens is 3. The fraction of sp³-hybridized carbons (Fsp3) is 0.333. The summed E-state index contributed by atoms with van der Waals surface area (Å²) in [6.07, 6.45) is 0. The molecule has 0 aliphatic rings. The molecule has 0 saturated carbocycles. The van der Waals surface area contributed by atoms with Crippen LogP contribution >= 0.6 is 11.6 Å². The van der Waals surface area contributed by atoms with E-state index in [0.717, 1.165) is 34.1 Å². The first-order chi connectivity index (χ1) is 10.1. The molecular formula is C15H16ClN3O2. The van der Waals surface area contributed by atoms with Crippen molar-refractivity contribution < 1.29 is 9.26 Å². The topological polar surface area (TPSA) is 53.1 Å². The van der Waals surface area contributed by atoms with Gasteiger partial charge in [0.15, 0.2) is 5.76 Å². The molecule has 0 aliphatic carbocycles. The van der Waals surface area contributed by atoms with Gasteiger partial charge in [0, 0.05) is 12.1 Å². The van der Waals surface area contributed by atoms with E-state index in [1.807, 2.05) is 42.7 Å². The molecule has 0 fully saturated rings. The van der Waals surface area contributed by atoms with Crippen molar-refractivity contribution in [2.75, 3.05) is 7.11 Å². The van der Waals surface area contributed by atoms with Crippen molar-refractivity contribution in [3.8, 4) is 5.75 Å². The Bertz CT molecular complexity index is 776. The Morgan fingerprint density at radius 3 is 2.81 bits per heavy atom. The number of fused-ring (bicyclic) bond motifs is 1. The Balaban J connectivity index is 2.14. The molecule has 1 unspecified atom stereocenters. The predicted octanol–water partition coefficient (Wildman–Crippen LogP) is 3.69. The van der Waals surface area contributed by atoms with E-state index in [2.05, 4.69) is 10.1 Å². The maximum absolute atomic E-state index is 6.26. The molecule has 0 aliphatic heterocycles. The van der Waals surface area contributed by atoms with Crippen molar-refractivity contribution in [1.29, 1.82) is 0 Å². The van der Waals surface area contributed by atoms with Gasteiger partial charge in [-0.1, -0.05) is 5.16 Å². The van der Waals surface area contributed by atoms with Crippen molar-refractivity contribution >= 4 is 22.6 Å². The molecule has 110 valence electrons. The highest BCUT2D eigenvalue weighted by Gasteiger charge is 2.17. The van der Waals surface area contributed by atoms with Crippen LogP contribution in [0.1, 0.15) is 29.6 Å². The van der Waals surface area contributed by atoms with Crippen LogP contribution < -0.4 is 4.74 Å². The Labute approximate surface area is 127 Å². The van der Waals surface area contributed by atoms with E-state index in [-0.39, 0.29) is 5.38 Å². The number of halogens is 1. The Hall–Kier alpha value is -2.01. The monoisotopic (exact) mass is 305 g/mol. The van der Waals surface area contributed by atoms with Crippen molar-refractivity contribution in [3.63, 3.8) is 0 Å². The van der Waals surface area contributed by atoms with E-state index < -0.39 is 0 Å². The lowest BCUT2D eigenvalue weighted by atomic mass is 10.3. The van der Waals surface area contributed by atoms with Gasteiger partial charge in [-0.25, -0.2) is 4.98 Å². The van der Waals surface area contributed by atoms with E-state index in [9.17, 15) is 0 Å². The van der Waals surface area contributed by atoms with Crippen molar-refractivity contribution in [3.05, 3.63) is 41.5 Å². The second kappa shape index (κ2) is 5.41. The van der Waals surface area contributed by atoms with Crippen LogP contribution in [0.15, 0.2) is 28.8 Å². The summed E-state index contributed by atoms with van der Waals surface area (Å²) in [6.45, 7) is 4.34. The zero-order valence-electron chi connectivity index (χ0n) is 12.1. The number of methoxy groups -OCH3 is 1. The van der Waals surface area contributed by atoms with Crippen LogP contribution in [0.25, 0.3) is 11.0 Å². The van der Waals surface area contributed by atoms with Gasteiger partial charge in [0.05, 0.1) is 35.8 Å². The maximum Gasteiger partial charge on any atom is 0.156 e. The molecule has 6 heteroatoms. The van der Waals surface area contributed by atoms with Crippen molar-refractivity contribution in [2.24, 2.45) is 0 Å². The second-order valence-corrected chi connectivity index (χ2v) is 5.62. The van der Waals surface area contributed by atoms with Gasteiger partial charge in [-0.15, -0.1) is 11.6 Å². The first kappa shape index (κ1) is 13.9. The van der Waals surface area contributed by atoms with E-state index in [1.54, 1.807) is 7.11 Å². The number of imidazole rings is 1. The van der Waals surface area contributed by atoms with Gasteiger partial charge in [-0.05, 0) is 26.0 Å². The molecule has 0 bridgehead atoms. The summed E-state index contributed by atoms with van der Waals surface area (Å²) in [7, 11) is 1.65. The minimum atomic E-state index is -0.201. The van der Waals surface area contributed by atoms with Crippen molar-refractivity contribution in [1.82, 2.24) is 14.7 Å². The lowest BCUT2D eigenvalue weighted by molar-refractivity contribution is 0.372. The lowest BCUT2D eigenvalue weighted by Crippen LogP contribution is -2.05. The molecule has 0 amide bonds. The molecule has 3 rings (SSSR count). The third-order valence-corrected chi connectivity index (χ3v) is 3.53. The first-order valence-electron chi connectivity index (χ1n) is 6.69. The van der Waals surface area contributed by atoms with Crippen LogP contribution in [0.2, 0.25) is 0 Å². The minimum absolute atomic E-state index is 0.201. The average molecular weight is 306 g/mol. The van der Waals surface area contributed by atoms with E-state index in [0.29, 0.717) is 6.54 Å². The SMILES string of the molecule is COc1ccc2nc(C(C)Cl)n(Cc3cc(C)no3)c2c1. The molecule has 21 heavy (non-hydrogen) atoms. The number of hydrogen-bond acceptors (Lipinski definition) is 4. The number of alkyl halides is 1. The summed E-state index contributed by atoms with van der Waals surface area (Å²) in [6, 6.07) is 7.68. The summed E-state index contributed by atoms with van der Waals surface area (Å²) in [5.74, 6) is 2.35. The highest BCUT2D eigenvalue weighted by atomic mass is 35.5. The Morgan fingerprint density at radius 2 is 2.19 bits per heavy atom. The van der Waals surface area contributed by atoms with Gasteiger partial charge in [0.25, 0.3) is 0 Å². The van der Waals surface area contributed by atoms with E-state index >= 15 is 0 Å². The summed E-state index contributed by atoms with van der Waals surface area (Å²) in [5, 5.41) is 3.72.